The molecule has 1 aromatic carbocycles. The Morgan fingerprint density at radius 2 is 1.76 bits per heavy atom. The molecule has 11 nitrogen and oxygen atoms in total. The molecule has 1 spiro atoms. The van der Waals surface area contributed by atoms with Crippen LogP contribution in [0.5, 0.6) is 0 Å². The van der Waals surface area contributed by atoms with Gasteiger partial charge in [0.05, 0.1) is 31.3 Å². The highest BCUT2D eigenvalue weighted by molar-refractivity contribution is 6.01. The fourth-order valence-corrected chi connectivity index (χ4v) is 9.09. The third-order valence-corrected chi connectivity index (χ3v) is 10.7. The fourth-order valence-electron chi connectivity index (χ4n) is 9.09. The average Bonchev–Trinajstić information content (AvgIpc) is 3.29. The minimum atomic E-state index is -4.91. The van der Waals surface area contributed by atoms with Crippen LogP contribution < -0.4 is 0 Å². The summed E-state index contributed by atoms with van der Waals surface area (Å²) in [5.74, 6) is -8.08. The first-order chi connectivity index (χ1) is 21.1. The van der Waals surface area contributed by atoms with E-state index in [2.05, 4.69) is 0 Å². The van der Waals surface area contributed by atoms with Crippen LogP contribution >= 0.6 is 0 Å². The highest BCUT2D eigenvalue weighted by Gasteiger charge is 2.84. The molecule has 0 aromatic heterocycles. The first-order valence-corrected chi connectivity index (χ1v) is 14.3. The van der Waals surface area contributed by atoms with Crippen LogP contribution in [-0.4, -0.2) is 88.9 Å². The minimum absolute atomic E-state index is 0.0286. The molecule has 45 heavy (non-hydrogen) atoms. The van der Waals surface area contributed by atoms with Gasteiger partial charge in [0.2, 0.25) is 0 Å². The third kappa shape index (κ3) is 4.11. The lowest BCUT2D eigenvalue weighted by molar-refractivity contribution is -0.289. The molecule has 14 heteroatoms. The molecule has 2 bridgehead atoms. The Bertz CT molecular complexity index is 1540. The molecule has 10 atom stereocenters. The molecule has 2 saturated heterocycles. The van der Waals surface area contributed by atoms with E-state index in [1.165, 1.54) is 37.3 Å². The Morgan fingerprint density at radius 3 is 2.38 bits per heavy atom. The van der Waals surface area contributed by atoms with Crippen LogP contribution in [0.4, 0.5) is 13.2 Å². The summed E-state index contributed by atoms with van der Waals surface area (Å²) >= 11 is 0. The number of esters is 3. The Hall–Kier alpha value is -3.59. The molecular weight excluding hydrogens is 605 g/mol. The van der Waals surface area contributed by atoms with Crippen molar-refractivity contribution in [2.45, 2.75) is 62.9 Å². The smallest absolute Gasteiger partial charge is 0.417 e. The third-order valence-electron chi connectivity index (χ3n) is 10.7. The topological polar surface area (TPSA) is 166 Å². The van der Waals surface area contributed by atoms with E-state index < -0.39 is 106 Å². The maximum absolute atomic E-state index is 13.8. The van der Waals surface area contributed by atoms with Crippen LogP contribution in [0, 0.1) is 28.6 Å². The number of rotatable bonds is 4. The van der Waals surface area contributed by atoms with Crippen molar-refractivity contribution in [2.75, 3.05) is 13.7 Å². The molecule has 4 fully saturated rings. The van der Waals surface area contributed by atoms with Gasteiger partial charge >= 0.3 is 24.1 Å². The number of allylic oxidation sites excluding steroid dienone is 3. The van der Waals surface area contributed by atoms with Gasteiger partial charge in [-0.05, 0) is 35.8 Å². The second-order valence-electron chi connectivity index (χ2n) is 12.7. The maximum Gasteiger partial charge on any atom is 0.417 e. The van der Waals surface area contributed by atoms with E-state index in [0.29, 0.717) is 0 Å². The molecule has 242 valence electrons. The predicted molar refractivity (Wildman–Crippen MR) is 143 cm³/mol. The average molecular weight is 637 g/mol. The Kier molecular flexibility index (Phi) is 7.12. The van der Waals surface area contributed by atoms with Gasteiger partial charge in [-0.25, -0.2) is 14.4 Å². The van der Waals surface area contributed by atoms with Crippen LogP contribution in [0.25, 0.3) is 5.57 Å². The van der Waals surface area contributed by atoms with Gasteiger partial charge in [-0.3, -0.25) is 4.79 Å². The lowest BCUT2D eigenvalue weighted by Gasteiger charge is -2.67. The lowest BCUT2D eigenvalue weighted by Crippen LogP contribution is -2.79. The number of fused-ring (bicyclic) bond motifs is 2. The second-order valence-corrected chi connectivity index (χ2v) is 12.7. The van der Waals surface area contributed by atoms with Crippen LogP contribution in [0.15, 0.2) is 47.7 Å². The number of hydrogen-bond donors (Lipinski definition) is 3. The van der Waals surface area contributed by atoms with E-state index >= 15 is 0 Å². The zero-order chi connectivity index (χ0) is 32.9. The lowest BCUT2D eigenvalue weighted by atomic mass is 9.38. The van der Waals surface area contributed by atoms with E-state index in [4.69, 9.17) is 18.9 Å². The summed E-state index contributed by atoms with van der Waals surface area (Å²) in [4.78, 5) is 52.5. The van der Waals surface area contributed by atoms with E-state index in [0.717, 1.165) is 7.11 Å². The summed E-state index contributed by atoms with van der Waals surface area (Å²) in [5.41, 5.74) is -6.34. The van der Waals surface area contributed by atoms with Crippen molar-refractivity contribution in [3.63, 3.8) is 0 Å². The number of aliphatic hydroxyl groups is 3. The summed E-state index contributed by atoms with van der Waals surface area (Å²) < 4.78 is 63.3. The number of carbonyl (C=O) groups is 4. The van der Waals surface area contributed by atoms with Gasteiger partial charge in [0.1, 0.15) is 12.2 Å². The molecule has 1 aromatic rings. The first kappa shape index (κ1) is 31.4. The van der Waals surface area contributed by atoms with Crippen molar-refractivity contribution < 1.29 is 66.6 Å². The fraction of sp³-hybridized carbons (Fsp3) is 0.548. The number of alkyl halides is 3. The number of hydrogen-bond acceptors (Lipinski definition) is 11. The van der Waals surface area contributed by atoms with E-state index in [-0.39, 0.29) is 30.2 Å². The van der Waals surface area contributed by atoms with Crippen molar-refractivity contribution in [1.82, 2.24) is 0 Å². The van der Waals surface area contributed by atoms with Gasteiger partial charge in [-0.2, -0.15) is 13.2 Å². The predicted octanol–water partition coefficient (Wildman–Crippen LogP) is 1.63. The number of aliphatic hydroxyl groups excluding tert-OH is 3. The highest BCUT2D eigenvalue weighted by Crippen LogP contribution is 2.72. The quantitative estimate of drug-likeness (QED) is 0.250. The molecular formula is C31H31F3O11. The zero-order valence-corrected chi connectivity index (χ0v) is 24.4. The molecule has 3 aliphatic carbocycles. The summed E-state index contributed by atoms with van der Waals surface area (Å²) in [7, 11) is 1.03. The summed E-state index contributed by atoms with van der Waals surface area (Å²) in [6.07, 6.45) is -11.8. The van der Waals surface area contributed by atoms with Crippen LogP contribution in [0.2, 0.25) is 0 Å². The number of halogens is 3. The van der Waals surface area contributed by atoms with E-state index in [9.17, 15) is 47.7 Å². The Morgan fingerprint density at radius 1 is 1.09 bits per heavy atom. The van der Waals surface area contributed by atoms with Gasteiger partial charge < -0.3 is 34.3 Å². The van der Waals surface area contributed by atoms with Gasteiger partial charge in [0, 0.05) is 23.8 Å². The largest absolute Gasteiger partial charge is 0.467 e. The number of ketones is 1. The van der Waals surface area contributed by atoms with Crippen molar-refractivity contribution >= 4 is 29.3 Å². The van der Waals surface area contributed by atoms with Crippen molar-refractivity contribution in [1.29, 1.82) is 0 Å². The first-order valence-electron chi connectivity index (χ1n) is 14.3. The molecule has 2 aliphatic heterocycles. The van der Waals surface area contributed by atoms with Crippen LogP contribution in [-0.2, 0) is 38.1 Å². The van der Waals surface area contributed by atoms with Gasteiger partial charge in [-0.15, -0.1) is 0 Å². The maximum atomic E-state index is 13.8. The summed E-state index contributed by atoms with van der Waals surface area (Å²) in [5, 5.41) is 34.1. The van der Waals surface area contributed by atoms with E-state index in [1.54, 1.807) is 6.92 Å². The number of methoxy groups -OCH3 is 1. The molecule has 5 aliphatic rings. The van der Waals surface area contributed by atoms with Crippen molar-refractivity contribution in [2.24, 2.45) is 28.6 Å². The van der Waals surface area contributed by atoms with Crippen LogP contribution in [0.1, 0.15) is 32.3 Å². The number of ether oxygens (including phenoxy) is 4. The molecule has 2 unspecified atom stereocenters. The van der Waals surface area contributed by atoms with Crippen molar-refractivity contribution in [3.05, 3.63) is 53.3 Å². The minimum Gasteiger partial charge on any atom is -0.467 e. The monoisotopic (exact) mass is 636 g/mol. The SMILES string of the molecule is COC(=O)[C@@]12OC[C@]34C([C@@H](O)[C@H]1O)[C@@]1(C)CC(=O)C(OC(=O)/C=C(/c5ccccc5)C(F)(F)F)=C(C)C1C[C@H]3OC(=O)[C@H](O)[C@@H]24. The number of Topliss-reactive ketones (excluding diaryl/α,β-unsaturated/α-hetero) is 1. The molecule has 6 rings (SSSR count). The standard InChI is InChI=1S/C31H31F3O11/c1-13-15-9-18-29-12-43-30(27(41)42-3,24(29)21(38)26(40)44-18)25(39)20(37)23(29)28(15,2)11-17(35)22(13)45-19(36)10-16(31(32,33)34)14-7-5-4-6-8-14/h4-8,10,15,18,20-21,23-25,37-39H,9,11-12H2,1-3H3/b16-10-/t15?,18-,20-,21-,23?,24-,25-,28+,29-,30+/m1/s1. The molecule has 2 saturated carbocycles. The summed E-state index contributed by atoms with van der Waals surface area (Å²) in [6, 6.07) is 6.60. The Labute approximate surface area is 254 Å². The number of benzene rings is 1. The molecule has 3 N–H and O–H groups in total. The molecule has 0 amide bonds. The normalized spacial score (nSPS) is 40.7. The van der Waals surface area contributed by atoms with Crippen LogP contribution in [0.3, 0.4) is 0 Å². The summed E-state index contributed by atoms with van der Waals surface area (Å²) in [6.45, 7) is 2.79. The van der Waals surface area contributed by atoms with Gasteiger partial charge in [0.25, 0.3) is 0 Å². The zero-order valence-electron chi connectivity index (χ0n) is 24.4. The van der Waals surface area contributed by atoms with Gasteiger partial charge in [-0.1, -0.05) is 37.3 Å². The molecule has 0 radical (unpaired) electrons. The second kappa shape index (κ2) is 10.2. The van der Waals surface area contributed by atoms with Gasteiger partial charge in [0.15, 0.2) is 23.2 Å². The van der Waals surface area contributed by atoms with Crippen molar-refractivity contribution in [3.8, 4) is 0 Å². The highest BCUT2D eigenvalue weighted by atomic mass is 19.4. The number of carbonyl (C=O) groups excluding carboxylic acids is 4. The Balaban J connectivity index is 1.42. The molecule has 2 heterocycles. The van der Waals surface area contributed by atoms with E-state index in [1.807, 2.05) is 0 Å².